The number of nitrogens with zero attached hydrogens (tertiary/aromatic N) is 1. The minimum Gasteiger partial charge on any atom is -0.311 e. The Kier molecular flexibility index (Phi) is 3.40. The molecule has 1 heterocycles. The van der Waals surface area contributed by atoms with E-state index in [2.05, 4.69) is 0 Å². The third kappa shape index (κ3) is 2.17. The molecule has 1 aliphatic heterocycles. The van der Waals surface area contributed by atoms with Gasteiger partial charge in [-0.2, -0.15) is 0 Å². The van der Waals surface area contributed by atoms with Crippen LogP contribution >= 0.6 is 23.2 Å². The lowest BCUT2D eigenvalue weighted by atomic mass is 10.00. The maximum atomic E-state index is 11.8. The smallest absolute Gasteiger partial charge is 0.226 e. The van der Waals surface area contributed by atoms with Crippen molar-refractivity contribution in [1.82, 2.24) is 0 Å². The molecule has 1 aromatic carbocycles. The summed E-state index contributed by atoms with van der Waals surface area (Å²) in [5.41, 5.74) is 1.05. The van der Waals surface area contributed by atoms with Gasteiger partial charge in [0.15, 0.2) is 5.78 Å². The number of rotatable bonds is 1. The Hall–Kier alpha value is -1.06. The van der Waals surface area contributed by atoms with Crippen molar-refractivity contribution in [3.8, 4) is 0 Å². The molecule has 0 aromatic heterocycles. The quantitative estimate of drug-likeness (QED) is 0.786. The first-order valence-electron chi connectivity index (χ1n) is 5.37. The van der Waals surface area contributed by atoms with Gasteiger partial charge in [-0.3, -0.25) is 9.59 Å². The largest absolute Gasteiger partial charge is 0.311 e. The molecular formula is C12H11Cl2NO2. The maximum absolute atomic E-state index is 11.8. The number of benzene rings is 1. The number of hydrogen-bond acceptors (Lipinski definition) is 2. The monoisotopic (exact) mass is 271 g/mol. The summed E-state index contributed by atoms with van der Waals surface area (Å²) in [5.74, 6) is -0.0177. The van der Waals surface area contributed by atoms with Crippen LogP contribution < -0.4 is 4.90 Å². The molecule has 3 nitrogen and oxygen atoms in total. The molecule has 0 radical (unpaired) electrons. The average Bonchev–Trinajstić information content (AvgIpc) is 2.31. The van der Waals surface area contributed by atoms with Gasteiger partial charge in [0.25, 0.3) is 0 Å². The van der Waals surface area contributed by atoms with Gasteiger partial charge in [-0.1, -0.05) is 30.1 Å². The van der Waals surface area contributed by atoms with Gasteiger partial charge in [0.2, 0.25) is 5.91 Å². The molecule has 0 aliphatic carbocycles. The highest BCUT2D eigenvalue weighted by Gasteiger charge is 2.27. The molecule has 0 atom stereocenters. The van der Waals surface area contributed by atoms with Crippen LogP contribution in [0, 0.1) is 0 Å². The number of anilines is 1. The van der Waals surface area contributed by atoms with Gasteiger partial charge in [0.1, 0.15) is 0 Å². The summed E-state index contributed by atoms with van der Waals surface area (Å²) in [5, 5.41) is 0.693. The van der Waals surface area contributed by atoms with Crippen LogP contribution in [0.5, 0.6) is 0 Å². The minimum absolute atomic E-state index is 0.00119. The van der Waals surface area contributed by atoms with Crippen LogP contribution in [-0.2, 0) is 4.79 Å². The van der Waals surface area contributed by atoms with Gasteiger partial charge < -0.3 is 4.90 Å². The second-order valence-corrected chi connectivity index (χ2v) is 4.67. The minimum atomic E-state index is -0.0165. The summed E-state index contributed by atoms with van der Waals surface area (Å²) in [6, 6.07) is 3.13. The molecule has 1 aliphatic rings. The summed E-state index contributed by atoms with van der Waals surface area (Å²) >= 11 is 11.8. The van der Waals surface area contributed by atoms with E-state index in [0.29, 0.717) is 40.7 Å². The van der Waals surface area contributed by atoms with E-state index in [4.69, 9.17) is 23.2 Å². The Bertz CT molecular complexity index is 500. The molecule has 5 heteroatoms. The molecule has 0 saturated heterocycles. The van der Waals surface area contributed by atoms with Gasteiger partial charge in [0.05, 0.1) is 15.7 Å². The zero-order chi connectivity index (χ0) is 12.6. The molecule has 0 N–H and O–H groups in total. The van der Waals surface area contributed by atoms with Crippen LogP contribution in [0.2, 0.25) is 10.0 Å². The normalized spacial score (nSPS) is 14.8. The molecular weight excluding hydrogens is 261 g/mol. The average molecular weight is 272 g/mol. The van der Waals surface area contributed by atoms with Crippen molar-refractivity contribution in [2.24, 2.45) is 0 Å². The number of hydrogen-bond donors (Lipinski definition) is 0. The van der Waals surface area contributed by atoms with E-state index >= 15 is 0 Å². The Morgan fingerprint density at radius 1 is 1.35 bits per heavy atom. The summed E-state index contributed by atoms with van der Waals surface area (Å²) in [6.45, 7) is 2.20. The van der Waals surface area contributed by atoms with E-state index in [1.54, 1.807) is 17.9 Å². The van der Waals surface area contributed by atoms with Crippen LogP contribution in [0.3, 0.4) is 0 Å². The van der Waals surface area contributed by atoms with Crippen LogP contribution in [-0.4, -0.2) is 18.2 Å². The number of fused-ring (bicyclic) bond motifs is 1. The molecule has 1 aromatic rings. The van der Waals surface area contributed by atoms with E-state index in [-0.39, 0.29) is 11.7 Å². The lowest BCUT2D eigenvalue weighted by Crippen LogP contribution is -2.36. The van der Waals surface area contributed by atoms with Crippen LogP contribution in [0.1, 0.15) is 30.1 Å². The first-order valence-corrected chi connectivity index (χ1v) is 6.12. The van der Waals surface area contributed by atoms with Crippen molar-refractivity contribution >= 4 is 40.6 Å². The van der Waals surface area contributed by atoms with Crippen molar-refractivity contribution in [2.75, 3.05) is 11.4 Å². The maximum Gasteiger partial charge on any atom is 0.226 e. The molecule has 0 fully saturated rings. The Morgan fingerprint density at radius 3 is 2.65 bits per heavy atom. The number of ketones is 1. The molecule has 17 heavy (non-hydrogen) atoms. The lowest BCUT2D eigenvalue weighted by Gasteiger charge is -2.28. The Morgan fingerprint density at radius 2 is 2.00 bits per heavy atom. The summed E-state index contributed by atoms with van der Waals surface area (Å²) in [7, 11) is 0. The van der Waals surface area contributed by atoms with Gasteiger partial charge in [-0.05, 0) is 12.1 Å². The third-order valence-electron chi connectivity index (χ3n) is 2.80. The number of carbonyl (C=O) groups is 2. The highest BCUT2D eigenvalue weighted by Crippen LogP contribution is 2.34. The topological polar surface area (TPSA) is 37.4 Å². The van der Waals surface area contributed by atoms with E-state index in [1.165, 1.54) is 6.07 Å². The number of carbonyl (C=O) groups excluding carboxylic acids is 2. The predicted octanol–water partition coefficient (Wildman–Crippen LogP) is 3.32. The molecule has 0 unspecified atom stereocenters. The van der Waals surface area contributed by atoms with E-state index in [1.807, 2.05) is 0 Å². The molecule has 0 spiro atoms. The molecule has 90 valence electrons. The highest BCUT2D eigenvalue weighted by molar-refractivity contribution is 6.42. The second kappa shape index (κ2) is 4.67. The van der Waals surface area contributed by atoms with Gasteiger partial charge >= 0.3 is 0 Å². The zero-order valence-electron chi connectivity index (χ0n) is 9.30. The number of halogens is 2. The SMILES string of the molecule is CCC(=O)N1CCC(=O)c2cc(Cl)c(Cl)cc21. The van der Waals surface area contributed by atoms with E-state index in [9.17, 15) is 9.59 Å². The van der Waals surface area contributed by atoms with Crippen molar-refractivity contribution in [1.29, 1.82) is 0 Å². The van der Waals surface area contributed by atoms with Gasteiger partial charge in [0, 0.05) is 24.9 Å². The van der Waals surface area contributed by atoms with Gasteiger partial charge in [-0.25, -0.2) is 0 Å². The molecule has 2 rings (SSSR count). The highest BCUT2D eigenvalue weighted by atomic mass is 35.5. The summed E-state index contributed by atoms with van der Waals surface area (Å²) in [6.07, 6.45) is 0.727. The first kappa shape index (κ1) is 12.4. The fraction of sp³-hybridized carbons (Fsp3) is 0.333. The van der Waals surface area contributed by atoms with Crippen LogP contribution in [0.4, 0.5) is 5.69 Å². The van der Waals surface area contributed by atoms with Gasteiger partial charge in [-0.15, -0.1) is 0 Å². The number of Topliss-reactive ketones (excluding diaryl/α,β-unsaturated/α-hetero) is 1. The van der Waals surface area contributed by atoms with Crippen molar-refractivity contribution < 1.29 is 9.59 Å². The van der Waals surface area contributed by atoms with E-state index < -0.39 is 0 Å². The Labute approximate surface area is 109 Å². The zero-order valence-corrected chi connectivity index (χ0v) is 10.8. The molecule has 0 bridgehead atoms. The molecule has 1 amide bonds. The van der Waals surface area contributed by atoms with Crippen LogP contribution in [0.15, 0.2) is 12.1 Å². The van der Waals surface area contributed by atoms with Crippen molar-refractivity contribution in [3.63, 3.8) is 0 Å². The Balaban J connectivity index is 2.55. The lowest BCUT2D eigenvalue weighted by molar-refractivity contribution is -0.118. The predicted molar refractivity (Wildman–Crippen MR) is 68.1 cm³/mol. The van der Waals surface area contributed by atoms with Crippen LogP contribution in [0.25, 0.3) is 0 Å². The third-order valence-corrected chi connectivity index (χ3v) is 3.52. The number of amides is 1. The summed E-state index contributed by atoms with van der Waals surface area (Å²) in [4.78, 5) is 25.1. The summed E-state index contributed by atoms with van der Waals surface area (Å²) < 4.78 is 0. The first-order chi connectivity index (χ1) is 8.04. The van der Waals surface area contributed by atoms with E-state index in [0.717, 1.165) is 0 Å². The van der Waals surface area contributed by atoms with Crippen molar-refractivity contribution in [2.45, 2.75) is 19.8 Å². The second-order valence-electron chi connectivity index (χ2n) is 3.86. The standard InChI is InChI=1S/C12H11Cl2NO2/c1-2-12(17)15-4-3-11(16)7-5-8(13)9(14)6-10(7)15/h5-6H,2-4H2,1H3. The fourth-order valence-electron chi connectivity index (χ4n) is 1.90. The fourth-order valence-corrected chi connectivity index (χ4v) is 2.22. The molecule has 0 saturated carbocycles. The van der Waals surface area contributed by atoms with Crippen molar-refractivity contribution in [3.05, 3.63) is 27.7 Å².